The highest BCUT2D eigenvalue weighted by Crippen LogP contribution is 2.04. The lowest BCUT2D eigenvalue weighted by atomic mass is 10.1. The monoisotopic (exact) mass is 203 g/mol. The van der Waals surface area contributed by atoms with Crippen LogP contribution < -0.4 is 5.32 Å². The van der Waals surface area contributed by atoms with Gasteiger partial charge >= 0.3 is 5.97 Å². The number of nitrogens with one attached hydrogen (secondary N) is 1. The largest absolute Gasteiger partial charge is 0.465 e. The van der Waals surface area contributed by atoms with Gasteiger partial charge in [0, 0.05) is 12.6 Å². The number of carbonyl (C=O) groups excluding carboxylic acids is 1. The summed E-state index contributed by atoms with van der Waals surface area (Å²) in [5.74, 6) is -0.225. The van der Waals surface area contributed by atoms with Crippen molar-refractivity contribution in [3.05, 3.63) is 0 Å². The molecule has 0 aliphatic heterocycles. The van der Waals surface area contributed by atoms with Gasteiger partial charge in [0.1, 0.15) is 6.04 Å². The first-order valence-corrected chi connectivity index (χ1v) is 4.86. The van der Waals surface area contributed by atoms with Crippen molar-refractivity contribution in [3.63, 3.8) is 0 Å². The molecule has 0 bridgehead atoms. The van der Waals surface area contributed by atoms with Crippen LogP contribution in [0.3, 0.4) is 0 Å². The molecule has 0 aliphatic rings. The summed E-state index contributed by atoms with van der Waals surface area (Å²) in [5.41, 5.74) is -0.221. The SMILES string of the molecule is CCOC(=O)C(C)NC(C)(C)COC. The number of methoxy groups -OCH3 is 1. The van der Waals surface area contributed by atoms with Crippen LogP contribution in [0.15, 0.2) is 0 Å². The molecular formula is C10H21NO3. The van der Waals surface area contributed by atoms with Crippen LogP contribution in [-0.2, 0) is 14.3 Å². The summed E-state index contributed by atoms with van der Waals surface area (Å²) in [6.45, 7) is 8.51. The van der Waals surface area contributed by atoms with Crippen LogP contribution in [-0.4, -0.2) is 37.9 Å². The molecule has 4 heteroatoms. The van der Waals surface area contributed by atoms with Gasteiger partial charge in [-0.15, -0.1) is 0 Å². The Kier molecular flexibility index (Phi) is 5.72. The van der Waals surface area contributed by atoms with Crippen LogP contribution in [0, 0.1) is 0 Å². The molecule has 0 aromatic heterocycles. The minimum Gasteiger partial charge on any atom is -0.465 e. The molecule has 0 heterocycles. The van der Waals surface area contributed by atoms with Gasteiger partial charge in [0.05, 0.1) is 13.2 Å². The molecule has 0 rings (SSSR count). The lowest BCUT2D eigenvalue weighted by molar-refractivity contribution is -0.145. The maximum Gasteiger partial charge on any atom is 0.322 e. The van der Waals surface area contributed by atoms with Gasteiger partial charge in [0.2, 0.25) is 0 Å². The molecular weight excluding hydrogens is 182 g/mol. The number of hydrogen-bond donors (Lipinski definition) is 1. The zero-order valence-corrected chi connectivity index (χ0v) is 9.72. The van der Waals surface area contributed by atoms with Gasteiger partial charge in [0.25, 0.3) is 0 Å². The van der Waals surface area contributed by atoms with Crippen LogP contribution in [0.1, 0.15) is 27.7 Å². The van der Waals surface area contributed by atoms with Crippen LogP contribution in [0.5, 0.6) is 0 Å². The number of carbonyl (C=O) groups is 1. The lowest BCUT2D eigenvalue weighted by Crippen LogP contribution is -2.51. The molecule has 0 aliphatic carbocycles. The number of esters is 1. The minimum atomic E-state index is -0.305. The fourth-order valence-electron chi connectivity index (χ4n) is 1.31. The van der Waals surface area contributed by atoms with Crippen LogP contribution in [0.4, 0.5) is 0 Å². The highest BCUT2D eigenvalue weighted by atomic mass is 16.5. The Morgan fingerprint density at radius 2 is 2.07 bits per heavy atom. The zero-order valence-electron chi connectivity index (χ0n) is 9.72. The third kappa shape index (κ3) is 5.19. The summed E-state index contributed by atoms with van der Waals surface area (Å²) in [7, 11) is 1.64. The second-order valence-electron chi connectivity index (χ2n) is 3.93. The topological polar surface area (TPSA) is 47.6 Å². The van der Waals surface area contributed by atoms with E-state index in [1.165, 1.54) is 0 Å². The second kappa shape index (κ2) is 5.98. The Hall–Kier alpha value is -0.610. The van der Waals surface area contributed by atoms with Crippen molar-refractivity contribution in [1.82, 2.24) is 5.32 Å². The lowest BCUT2D eigenvalue weighted by Gasteiger charge is -2.28. The van der Waals surface area contributed by atoms with Crippen molar-refractivity contribution in [2.75, 3.05) is 20.3 Å². The summed E-state index contributed by atoms with van der Waals surface area (Å²) < 4.78 is 9.92. The molecule has 0 radical (unpaired) electrons. The molecule has 0 saturated carbocycles. The van der Waals surface area contributed by atoms with Crippen molar-refractivity contribution in [1.29, 1.82) is 0 Å². The third-order valence-corrected chi connectivity index (χ3v) is 1.75. The van der Waals surface area contributed by atoms with E-state index in [1.54, 1.807) is 21.0 Å². The molecule has 0 aromatic carbocycles. The number of rotatable bonds is 6. The maximum absolute atomic E-state index is 11.3. The van der Waals surface area contributed by atoms with E-state index in [9.17, 15) is 4.79 Å². The first-order valence-electron chi connectivity index (χ1n) is 4.86. The quantitative estimate of drug-likeness (QED) is 0.653. The van der Waals surface area contributed by atoms with E-state index < -0.39 is 0 Å². The van der Waals surface area contributed by atoms with Crippen molar-refractivity contribution in [3.8, 4) is 0 Å². The van der Waals surface area contributed by atoms with Gasteiger partial charge < -0.3 is 9.47 Å². The standard InChI is InChI=1S/C10H21NO3/c1-6-14-9(12)8(2)11-10(3,4)7-13-5/h8,11H,6-7H2,1-5H3. The molecule has 1 unspecified atom stereocenters. The van der Waals surface area contributed by atoms with E-state index in [0.717, 1.165) is 0 Å². The molecule has 0 saturated heterocycles. The van der Waals surface area contributed by atoms with Gasteiger partial charge in [-0.25, -0.2) is 0 Å². The molecule has 0 spiro atoms. The highest BCUT2D eigenvalue weighted by molar-refractivity contribution is 5.75. The summed E-state index contributed by atoms with van der Waals surface area (Å²) in [4.78, 5) is 11.3. The van der Waals surface area contributed by atoms with E-state index in [-0.39, 0.29) is 17.6 Å². The van der Waals surface area contributed by atoms with Crippen LogP contribution >= 0.6 is 0 Å². The smallest absolute Gasteiger partial charge is 0.322 e. The van der Waals surface area contributed by atoms with Crippen molar-refractivity contribution in [2.45, 2.75) is 39.3 Å². The predicted octanol–water partition coefficient (Wildman–Crippen LogP) is 0.953. The van der Waals surface area contributed by atoms with Gasteiger partial charge in [-0.2, -0.15) is 0 Å². The zero-order chi connectivity index (χ0) is 11.2. The van der Waals surface area contributed by atoms with Crippen LogP contribution in [0.2, 0.25) is 0 Å². The van der Waals surface area contributed by atoms with Crippen molar-refractivity contribution >= 4 is 5.97 Å². The van der Waals surface area contributed by atoms with E-state index in [0.29, 0.717) is 13.2 Å². The third-order valence-electron chi connectivity index (χ3n) is 1.75. The normalized spacial score (nSPS) is 13.8. The average Bonchev–Trinajstić information content (AvgIpc) is 2.03. The molecule has 1 atom stereocenters. The van der Waals surface area contributed by atoms with Gasteiger partial charge in [0.15, 0.2) is 0 Å². The second-order valence-corrected chi connectivity index (χ2v) is 3.93. The number of hydrogen-bond acceptors (Lipinski definition) is 4. The van der Waals surface area contributed by atoms with Gasteiger partial charge in [-0.05, 0) is 27.7 Å². The summed E-state index contributed by atoms with van der Waals surface area (Å²) in [5, 5.41) is 3.14. The Morgan fingerprint density at radius 3 is 2.50 bits per heavy atom. The molecule has 84 valence electrons. The first-order chi connectivity index (χ1) is 6.43. The predicted molar refractivity (Wildman–Crippen MR) is 55.2 cm³/mol. The van der Waals surface area contributed by atoms with Gasteiger partial charge in [-0.3, -0.25) is 10.1 Å². The molecule has 14 heavy (non-hydrogen) atoms. The fraction of sp³-hybridized carbons (Fsp3) is 0.900. The summed E-state index contributed by atoms with van der Waals surface area (Å²) >= 11 is 0. The van der Waals surface area contributed by atoms with E-state index >= 15 is 0 Å². The molecule has 1 N–H and O–H groups in total. The average molecular weight is 203 g/mol. The Bertz CT molecular complexity index is 180. The van der Waals surface area contributed by atoms with E-state index in [1.807, 2.05) is 13.8 Å². The molecule has 0 amide bonds. The molecule has 4 nitrogen and oxygen atoms in total. The number of ether oxygens (including phenoxy) is 2. The maximum atomic E-state index is 11.3. The summed E-state index contributed by atoms with van der Waals surface area (Å²) in [6.07, 6.45) is 0. The van der Waals surface area contributed by atoms with E-state index in [2.05, 4.69) is 5.32 Å². The Morgan fingerprint density at radius 1 is 1.50 bits per heavy atom. The minimum absolute atomic E-state index is 0.221. The summed E-state index contributed by atoms with van der Waals surface area (Å²) in [6, 6.07) is -0.305. The van der Waals surface area contributed by atoms with E-state index in [4.69, 9.17) is 9.47 Å². The highest BCUT2D eigenvalue weighted by Gasteiger charge is 2.24. The Labute approximate surface area is 86.0 Å². The molecule has 0 aromatic rings. The van der Waals surface area contributed by atoms with Crippen molar-refractivity contribution < 1.29 is 14.3 Å². The van der Waals surface area contributed by atoms with Crippen molar-refractivity contribution in [2.24, 2.45) is 0 Å². The molecule has 0 fully saturated rings. The fourth-order valence-corrected chi connectivity index (χ4v) is 1.31. The van der Waals surface area contributed by atoms with Crippen LogP contribution in [0.25, 0.3) is 0 Å². The Balaban J connectivity index is 4.03. The first kappa shape index (κ1) is 13.4. The van der Waals surface area contributed by atoms with Gasteiger partial charge in [-0.1, -0.05) is 0 Å².